The number of rotatable bonds is 9. The van der Waals surface area contributed by atoms with Crippen molar-refractivity contribution in [2.24, 2.45) is 5.92 Å². The molecule has 1 aromatic carbocycles. The monoisotopic (exact) mass is 376 g/mol. The fraction of sp³-hybridized carbons (Fsp3) is 0.421. The van der Waals surface area contributed by atoms with E-state index in [1.165, 1.54) is 23.1 Å². The summed E-state index contributed by atoms with van der Waals surface area (Å²) in [6.07, 6.45) is 3.24. The van der Waals surface area contributed by atoms with Gasteiger partial charge >= 0.3 is 0 Å². The predicted molar refractivity (Wildman–Crippen MR) is 107 cm³/mol. The van der Waals surface area contributed by atoms with Crippen LogP contribution in [0.25, 0.3) is 11.3 Å². The molecule has 0 atom stereocenters. The first-order chi connectivity index (χ1) is 12.1. The Morgan fingerprint density at radius 2 is 1.92 bits per heavy atom. The molecule has 1 aromatic heterocycles. The lowest BCUT2D eigenvalue weighted by Crippen LogP contribution is -2.10. The first kappa shape index (κ1) is 19.7. The molecule has 0 unspecified atom stereocenters. The minimum atomic E-state index is -0.000119. The lowest BCUT2D eigenvalue weighted by molar-refractivity contribution is -0.116. The van der Waals surface area contributed by atoms with Gasteiger partial charge in [0.05, 0.1) is 5.69 Å². The number of benzene rings is 1. The molecular formula is C19H24N2O2S2. The number of carbonyl (C=O) groups is 2. The van der Waals surface area contributed by atoms with Crippen LogP contribution in [0.2, 0.25) is 0 Å². The maximum Gasteiger partial charge on any atom is 0.226 e. The lowest BCUT2D eigenvalue weighted by atomic mass is 10.2. The van der Waals surface area contributed by atoms with E-state index in [9.17, 15) is 9.59 Å². The van der Waals surface area contributed by atoms with Crippen LogP contribution in [0.4, 0.5) is 5.13 Å². The zero-order chi connectivity index (χ0) is 18.1. The molecule has 0 aliphatic heterocycles. The highest BCUT2D eigenvalue weighted by Crippen LogP contribution is 2.24. The van der Waals surface area contributed by atoms with E-state index in [1.807, 2.05) is 49.6 Å². The van der Waals surface area contributed by atoms with Crippen molar-refractivity contribution in [2.75, 3.05) is 11.1 Å². The maximum absolute atomic E-state index is 12.0. The molecule has 4 nitrogen and oxygen atoms in total. The zero-order valence-corrected chi connectivity index (χ0v) is 16.3. The molecule has 0 saturated heterocycles. The highest BCUT2D eigenvalue weighted by Gasteiger charge is 2.09. The van der Waals surface area contributed by atoms with Gasteiger partial charge in [-0.05, 0) is 12.8 Å². The van der Waals surface area contributed by atoms with E-state index >= 15 is 0 Å². The summed E-state index contributed by atoms with van der Waals surface area (Å²) in [6.45, 7) is 3.84. The van der Waals surface area contributed by atoms with Crippen LogP contribution in [0.15, 0.2) is 35.7 Å². The van der Waals surface area contributed by atoms with Crippen molar-refractivity contribution in [3.63, 3.8) is 0 Å². The van der Waals surface area contributed by atoms with Gasteiger partial charge in [-0.3, -0.25) is 9.59 Å². The number of thioether (sulfide) groups is 1. The van der Waals surface area contributed by atoms with Gasteiger partial charge in [0.25, 0.3) is 0 Å². The number of thiazole rings is 1. The summed E-state index contributed by atoms with van der Waals surface area (Å²) >= 11 is 2.84. The number of nitrogens with one attached hydrogen (secondary N) is 1. The average Bonchev–Trinajstić information content (AvgIpc) is 3.06. The third-order valence-electron chi connectivity index (χ3n) is 3.58. The van der Waals surface area contributed by atoms with E-state index in [-0.39, 0.29) is 16.9 Å². The summed E-state index contributed by atoms with van der Waals surface area (Å²) in [6, 6.07) is 9.92. The molecule has 134 valence electrons. The smallest absolute Gasteiger partial charge is 0.226 e. The van der Waals surface area contributed by atoms with Crippen molar-refractivity contribution in [3.8, 4) is 11.3 Å². The third-order valence-corrected chi connectivity index (χ3v) is 5.59. The molecule has 6 heteroatoms. The minimum absolute atomic E-state index is 0.000119. The Kier molecular flexibility index (Phi) is 8.15. The molecule has 0 aliphatic rings. The van der Waals surface area contributed by atoms with Gasteiger partial charge in [-0.1, -0.05) is 62.4 Å². The standard InChI is InChI=1S/C19H24N2O2S2/c1-14(2)18(23)24-12-8-4-7-11-17(22)21-19-20-16(13-25-19)15-9-5-3-6-10-15/h3,5-6,9-10,13-14H,4,7-8,11-12H2,1-2H3,(H,20,21,22). The van der Waals surface area contributed by atoms with Crippen LogP contribution >= 0.6 is 23.1 Å². The van der Waals surface area contributed by atoms with Crippen LogP contribution in [0, 0.1) is 5.92 Å². The number of carbonyl (C=O) groups excluding carboxylic acids is 2. The summed E-state index contributed by atoms with van der Waals surface area (Å²) in [5, 5.41) is 5.70. The van der Waals surface area contributed by atoms with Crippen LogP contribution < -0.4 is 5.32 Å². The Bertz CT molecular complexity index is 684. The van der Waals surface area contributed by atoms with Crippen molar-refractivity contribution in [1.29, 1.82) is 0 Å². The second-order valence-corrected chi connectivity index (χ2v) is 8.04. The molecule has 0 fully saturated rings. The first-order valence-corrected chi connectivity index (χ1v) is 10.4. The molecule has 2 rings (SSSR count). The van der Waals surface area contributed by atoms with Gasteiger partial charge in [-0.25, -0.2) is 4.98 Å². The van der Waals surface area contributed by atoms with E-state index in [4.69, 9.17) is 0 Å². The molecule has 25 heavy (non-hydrogen) atoms. The fourth-order valence-electron chi connectivity index (χ4n) is 2.16. The number of amides is 1. The lowest BCUT2D eigenvalue weighted by Gasteiger charge is -2.04. The Balaban J connectivity index is 1.64. The zero-order valence-electron chi connectivity index (χ0n) is 14.7. The topological polar surface area (TPSA) is 59.1 Å². The normalized spacial score (nSPS) is 10.8. The van der Waals surface area contributed by atoms with Crippen molar-refractivity contribution in [3.05, 3.63) is 35.7 Å². The van der Waals surface area contributed by atoms with Crippen molar-refractivity contribution >= 4 is 39.3 Å². The van der Waals surface area contributed by atoms with Gasteiger partial charge in [0.15, 0.2) is 10.2 Å². The van der Waals surface area contributed by atoms with Gasteiger partial charge in [0.2, 0.25) is 5.91 Å². The van der Waals surface area contributed by atoms with E-state index in [0.29, 0.717) is 11.6 Å². The van der Waals surface area contributed by atoms with E-state index in [1.54, 1.807) is 0 Å². The van der Waals surface area contributed by atoms with Crippen LogP contribution in [0.3, 0.4) is 0 Å². The largest absolute Gasteiger partial charge is 0.302 e. The quantitative estimate of drug-likeness (QED) is 0.609. The van der Waals surface area contributed by atoms with Crippen molar-refractivity contribution in [1.82, 2.24) is 4.98 Å². The summed E-state index contributed by atoms with van der Waals surface area (Å²) in [5.74, 6) is 0.931. The number of hydrogen-bond acceptors (Lipinski definition) is 5. The number of nitrogens with zero attached hydrogens (tertiary/aromatic N) is 1. The molecule has 1 amide bonds. The highest BCUT2D eigenvalue weighted by molar-refractivity contribution is 8.13. The molecule has 1 N–H and O–H groups in total. The van der Waals surface area contributed by atoms with Crippen molar-refractivity contribution in [2.45, 2.75) is 39.5 Å². The molecule has 0 spiro atoms. The Hall–Kier alpha value is -1.66. The molecule has 1 heterocycles. The summed E-state index contributed by atoms with van der Waals surface area (Å²) in [4.78, 5) is 27.9. The maximum atomic E-state index is 12.0. The second kappa shape index (κ2) is 10.4. The number of unbranched alkanes of at least 4 members (excludes halogenated alkanes) is 2. The molecule has 0 aliphatic carbocycles. The van der Waals surface area contributed by atoms with E-state index in [0.717, 1.165) is 36.3 Å². The number of aromatic nitrogens is 1. The third kappa shape index (κ3) is 7.00. The number of hydrogen-bond donors (Lipinski definition) is 1. The average molecular weight is 377 g/mol. The van der Waals surface area contributed by atoms with E-state index < -0.39 is 0 Å². The van der Waals surface area contributed by atoms with Crippen LogP contribution in [-0.4, -0.2) is 21.8 Å². The summed E-state index contributed by atoms with van der Waals surface area (Å²) in [5.41, 5.74) is 1.93. The Morgan fingerprint density at radius 1 is 1.16 bits per heavy atom. The molecule has 0 bridgehead atoms. The highest BCUT2D eigenvalue weighted by atomic mass is 32.2. The van der Waals surface area contributed by atoms with Gasteiger partial charge < -0.3 is 5.32 Å². The van der Waals surface area contributed by atoms with Gasteiger partial charge in [-0.2, -0.15) is 0 Å². The Labute approximate surface area is 157 Å². The van der Waals surface area contributed by atoms with Crippen LogP contribution in [0.5, 0.6) is 0 Å². The van der Waals surface area contributed by atoms with E-state index in [2.05, 4.69) is 10.3 Å². The fourth-order valence-corrected chi connectivity index (χ4v) is 3.78. The second-order valence-electron chi connectivity index (χ2n) is 6.08. The number of anilines is 1. The Morgan fingerprint density at radius 3 is 2.64 bits per heavy atom. The predicted octanol–water partition coefficient (Wildman–Crippen LogP) is 5.22. The van der Waals surface area contributed by atoms with Crippen LogP contribution in [0.1, 0.15) is 39.5 Å². The summed E-state index contributed by atoms with van der Waals surface area (Å²) < 4.78 is 0. The van der Waals surface area contributed by atoms with Crippen molar-refractivity contribution < 1.29 is 9.59 Å². The van der Waals surface area contributed by atoms with Crippen LogP contribution in [-0.2, 0) is 9.59 Å². The van der Waals surface area contributed by atoms with Gasteiger partial charge in [0.1, 0.15) is 0 Å². The van der Waals surface area contributed by atoms with Gasteiger partial charge in [0, 0.05) is 29.0 Å². The molecule has 0 radical (unpaired) electrons. The van der Waals surface area contributed by atoms with Gasteiger partial charge in [-0.15, -0.1) is 11.3 Å². The summed E-state index contributed by atoms with van der Waals surface area (Å²) in [7, 11) is 0. The molecular weight excluding hydrogens is 352 g/mol. The molecule has 2 aromatic rings. The SMILES string of the molecule is CC(C)C(=O)SCCCCCC(=O)Nc1nc(-c2ccccc2)cs1. The minimum Gasteiger partial charge on any atom is -0.302 e. The first-order valence-electron chi connectivity index (χ1n) is 8.53. The molecule has 0 saturated carbocycles.